The van der Waals surface area contributed by atoms with Crippen LogP contribution in [0.5, 0.6) is 0 Å². The Labute approximate surface area is 119 Å². The summed E-state index contributed by atoms with van der Waals surface area (Å²) in [5, 5.41) is 4.00. The highest BCUT2D eigenvalue weighted by Gasteiger charge is 2.15. The minimum atomic E-state index is -0.219. The van der Waals surface area contributed by atoms with Gasteiger partial charge in [-0.25, -0.2) is 0 Å². The summed E-state index contributed by atoms with van der Waals surface area (Å²) in [6, 6.07) is 7.96. The largest absolute Gasteiger partial charge is 0.385 e. The van der Waals surface area contributed by atoms with E-state index in [4.69, 9.17) is 15.0 Å². The summed E-state index contributed by atoms with van der Waals surface area (Å²) in [7, 11) is 1.68. The van der Waals surface area contributed by atoms with Crippen molar-refractivity contribution < 1.29 is 9.26 Å². The van der Waals surface area contributed by atoms with Crippen LogP contribution in [-0.2, 0) is 11.2 Å². The van der Waals surface area contributed by atoms with Crippen LogP contribution in [-0.4, -0.2) is 23.9 Å². The maximum atomic E-state index is 6.02. The molecule has 0 radical (unpaired) electrons. The van der Waals surface area contributed by atoms with Gasteiger partial charge in [-0.2, -0.15) is 4.98 Å². The van der Waals surface area contributed by atoms with Crippen LogP contribution in [0.1, 0.15) is 41.7 Å². The average Bonchev–Trinajstić information content (AvgIpc) is 2.90. The molecule has 1 atom stereocenters. The summed E-state index contributed by atoms with van der Waals surface area (Å²) >= 11 is 0. The number of methoxy groups -OCH3 is 1. The number of nitrogens with zero attached hydrogens (tertiary/aromatic N) is 2. The molecule has 0 aliphatic rings. The lowest BCUT2D eigenvalue weighted by atomic mass is 10.1. The van der Waals surface area contributed by atoms with Crippen LogP contribution in [0.4, 0.5) is 0 Å². The Morgan fingerprint density at radius 3 is 2.90 bits per heavy atom. The monoisotopic (exact) mass is 275 g/mol. The minimum absolute atomic E-state index is 0.219. The van der Waals surface area contributed by atoms with Gasteiger partial charge in [0.2, 0.25) is 5.89 Å². The van der Waals surface area contributed by atoms with E-state index in [1.165, 1.54) is 11.1 Å². The summed E-state index contributed by atoms with van der Waals surface area (Å²) in [6.45, 7) is 2.77. The van der Waals surface area contributed by atoms with Crippen LogP contribution >= 0.6 is 0 Å². The lowest BCUT2D eigenvalue weighted by Crippen LogP contribution is -2.11. The van der Waals surface area contributed by atoms with Crippen LogP contribution in [0.3, 0.4) is 0 Å². The van der Waals surface area contributed by atoms with Gasteiger partial charge in [-0.3, -0.25) is 0 Å². The third kappa shape index (κ3) is 3.88. The van der Waals surface area contributed by atoms with Gasteiger partial charge in [0.15, 0.2) is 5.82 Å². The van der Waals surface area contributed by atoms with E-state index in [0.717, 1.165) is 12.8 Å². The topological polar surface area (TPSA) is 74.2 Å². The van der Waals surface area contributed by atoms with Crippen molar-refractivity contribution in [1.82, 2.24) is 10.1 Å². The zero-order valence-electron chi connectivity index (χ0n) is 12.0. The van der Waals surface area contributed by atoms with Gasteiger partial charge < -0.3 is 15.0 Å². The molecule has 0 fully saturated rings. The van der Waals surface area contributed by atoms with Crippen molar-refractivity contribution in [1.29, 1.82) is 0 Å². The molecule has 0 aliphatic heterocycles. The van der Waals surface area contributed by atoms with E-state index in [1.54, 1.807) is 7.11 Å². The molecule has 108 valence electrons. The third-order valence-corrected chi connectivity index (χ3v) is 3.27. The summed E-state index contributed by atoms with van der Waals surface area (Å²) in [5.74, 6) is 1.18. The van der Waals surface area contributed by atoms with Crippen molar-refractivity contribution in [3.63, 3.8) is 0 Å². The standard InChI is InChI=1S/C15H21N3O2/c1-11-6-3-4-7-12(11)10-14-17-15(20-18-14)13(16)8-5-9-19-2/h3-4,6-7,13H,5,8-10,16H2,1-2H3. The van der Waals surface area contributed by atoms with Gasteiger partial charge in [0.1, 0.15) is 0 Å². The molecule has 2 aromatic rings. The van der Waals surface area contributed by atoms with E-state index in [1.807, 2.05) is 12.1 Å². The van der Waals surface area contributed by atoms with Crippen LogP contribution in [0.2, 0.25) is 0 Å². The first-order valence-electron chi connectivity index (χ1n) is 6.82. The highest BCUT2D eigenvalue weighted by Crippen LogP contribution is 2.16. The molecule has 1 aromatic heterocycles. The van der Waals surface area contributed by atoms with E-state index < -0.39 is 0 Å². The first kappa shape index (κ1) is 14.7. The van der Waals surface area contributed by atoms with E-state index in [9.17, 15) is 0 Å². The fraction of sp³-hybridized carbons (Fsp3) is 0.467. The molecule has 0 amide bonds. The lowest BCUT2D eigenvalue weighted by Gasteiger charge is -2.05. The zero-order valence-corrected chi connectivity index (χ0v) is 12.0. The number of aromatic nitrogens is 2. The predicted octanol–water partition coefficient (Wildman–Crippen LogP) is 2.40. The lowest BCUT2D eigenvalue weighted by molar-refractivity contribution is 0.188. The maximum absolute atomic E-state index is 6.02. The maximum Gasteiger partial charge on any atom is 0.243 e. The second-order valence-electron chi connectivity index (χ2n) is 4.89. The van der Waals surface area contributed by atoms with Crippen molar-refractivity contribution in [3.8, 4) is 0 Å². The molecule has 5 heteroatoms. The molecule has 0 aliphatic carbocycles. The van der Waals surface area contributed by atoms with Crippen molar-refractivity contribution in [3.05, 3.63) is 47.1 Å². The Bertz CT molecular complexity index is 539. The molecule has 1 unspecified atom stereocenters. The second kappa shape index (κ2) is 7.17. The number of benzene rings is 1. The summed E-state index contributed by atoms with van der Waals surface area (Å²) in [6.07, 6.45) is 2.33. The number of nitrogens with two attached hydrogens (primary N) is 1. The molecule has 5 nitrogen and oxygen atoms in total. The van der Waals surface area contributed by atoms with Crippen LogP contribution in [0.15, 0.2) is 28.8 Å². The quantitative estimate of drug-likeness (QED) is 0.785. The highest BCUT2D eigenvalue weighted by atomic mass is 16.5. The predicted molar refractivity (Wildman–Crippen MR) is 76.3 cm³/mol. The van der Waals surface area contributed by atoms with Crippen molar-refractivity contribution in [2.45, 2.75) is 32.2 Å². The summed E-state index contributed by atoms with van der Waals surface area (Å²) in [4.78, 5) is 4.38. The Morgan fingerprint density at radius 1 is 1.35 bits per heavy atom. The average molecular weight is 275 g/mol. The molecule has 2 N–H and O–H groups in total. The molecule has 0 saturated heterocycles. The molecule has 0 bridgehead atoms. The van der Waals surface area contributed by atoms with Crippen molar-refractivity contribution >= 4 is 0 Å². The number of aryl methyl sites for hydroxylation is 1. The normalized spacial score (nSPS) is 12.6. The van der Waals surface area contributed by atoms with E-state index in [-0.39, 0.29) is 6.04 Å². The molecule has 0 saturated carbocycles. The van der Waals surface area contributed by atoms with Gasteiger partial charge in [0.05, 0.1) is 6.04 Å². The van der Waals surface area contributed by atoms with Crippen LogP contribution in [0.25, 0.3) is 0 Å². The van der Waals surface area contributed by atoms with Gasteiger partial charge in [-0.05, 0) is 30.9 Å². The fourth-order valence-electron chi connectivity index (χ4n) is 2.04. The number of rotatable bonds is 7. The molecule has 2 rings (SSSR count). The van der Waals surface area contributed by atoms with Crippen molar-refractivity contribution in [2.75, 3.05) is 13.7 Å². The number of hydrogen-bond donors (Lipinski definition) is 1. The Morgan fingerprint density at radius 2 is 2.15 bits per heavy atom. The Hall–Kier alpha value is -1.72. The summed E-state index contributed by atoms with van der Waals surface area (Å²) < 4.78 is 10.2. The minimum Gasteiger partial charge on any atom is -0.385 e. The van der Waals surface area contributed by atoms with E-state index >= 15 is 0 Å². The first-order chi connectivity index (χ1) is 9.70. The van der Waals surface area contributed by atoms with Gasteiger partial charge in [-0.1, -0.05) is 29.4 Å². The number of hydrogen-bond acceptors (Lipinski definition) is 5. The molecule has 0 spiro atoms. The highest BCUT2D eigenvalue weighted by molar-refractivity contribution is 5.27. The van der Waals surface area contributed by atoms with Crippen LogP contribution < -0.4 is 5.73 Å². The fourth-order valence-corrected chi connectivity index (χ4v) is 2.04. The molecular weight excluding hydrogens is 254 g/mol. The molecule has 1 aromatic carbocycles. The first-order valence-corrected chi connectivity index (χ1v) is 6.82. The van der Waals surface area contributed by atoms with Gasteiger partial charge in [0.25, 0.3) is 0 Å². The Balaban J connectivity index is 1.97. The van der Waals surface area contributed by atoms with Crippen LogP contribution in [0, 0.1) is 6.92 Å². The molecular formula is C15H21N3O2. The second-order valence-corrected chi connectivity index (χ2v) is 4.89. The van der Waals surface area contributed by atoms with E-state index in [2.05, 4.69) is 29.2 Å². The van der Waals surface area contributed by atoms with Gasteiger partial charge in [-0.15, -0.1) is 0 Å². The SMILES string of the molecule is COCCCC(N)c1nc(Cc2ccccc2C)no1. The van der Waals surface area contributed by atoms with Gasteiger partial charge in [0, 0.05) is 20.1 Å². The Kier molecular flexibility index (Phi) is 5.26. The van der Waals surface area contributed by atoms with E-state index in [0.29, 0.717) is 24.7 Å². The zero-order chi connectivity index (χ0) is 14.4. The van der Waals surface area contributed by atoms with Gasteiger partial charge >= 0.3 is 0 Å². The molecule has 1 heterocycles. The summed E-state index contributed by atoms with van der Waals surface area (Å²) in [5.41, 5.74) is 8.45. The number of ether oxygens (including phenoxy) is 1. The van der Waals surface area contributed by atoms with Crippen molar-refractivity contribution in [2.24, 2.45) is 5.73 Å². The smallest absolute Gasteiger partial charge is 0.243 e. The third-order valence-electron chi connectivity index (χ3n) is 3.27. The molecule has 20 heavy (non-hydrogen) atoms.